The van der Waals surface area contributed by atoms with Crippen molar-refractivity contribution in [3.63, 3.8) is 0 Å². The van der Waals surface area contributed by atoms with Crippen molar-refractivity contribution in [2.45, 2.75) is 6.42 Å². The van der Waals surface area contributed by atoms with E-state index in [-0.39, 0.29) is 17.2 Å². The number of hydrogen-bond donors (Lipinski definition) is 3. The first-order chi connectivity index (χ1) is 8.45. The third kappa shape index (κ3) is 3.38. The number of carbonyl (C=O) groups is 2. The van der Waals surface area contributed by atoms with Gasteiger partial charge in [0.15, 0.2) is 0 Å². The van der Waals surface area contributed by atoms with Crippen LogP contribution in [-0.4, -0.2) is 37.6 Å². The Morgan fingerprint density at radius 3 is 2.61 bits per heavy atom. The van der Waals surface area contributed by atoms with Gasteiger partial charge in [-0.3, -0.25) is 4.79 Å². The van der Waals surface area contributed by atoms with Crippen molar-refractivity contribution in [3.05, 3.63) is 23.8 Å². The molecule has 1 amide bonds. The number of carboxylic acid groups (broad SMARTS) is 1. The lowest BCUT2D eigenvalue weighted by Crippen LogP contribution is -2.26. The van der Waals surface area contributed by atoms with Crippen LogP contribution < -0.4 is 16.0 Å². The molecular weight excluding hydrogens is 234 g/mol. The SMILES string of the molecule is CNC(=O)CCN(C)c1ccc(C(=O)O)c(N)c1. The Morgan fingerprint density at radius 1 is 1.44 bits per heavy atom. The van der Waals surface area contributed by atoms with Gasteiger partial charge in [-0.1, -0.05) is 0 Å². The average Bonchev–Trinajstić information content (AvgIpc) is 2.34. The highest BCUT2D eigenvalue weighted by atomic mass is 16.4. The molecule has 6 nitrogen and oxygen atoms in total. The maximum absolute atomic E-state index is 11.1. The molecule has 0 aliphatic carbocycles. The molecule has 0 saturated heterocycles. The number of nitrogens with zero attached hydrogens (tertiary/aromatic N) is 1. The third-order valence-electron chi connectivity index (χ3n) is 2.66. The standard InChI is InChI=1S/C12H17N3O3/c1-14-11(16)5-6-15(2)8-3-4-9(12(17)18)10(13)7-8/h3-4,7H,5-6,13H2,1-2H3,(H,14,16)(H,17,18). The number of anilines is 2. The number of nitrogen functional groups attached to an aromatic ring is 1. The number of aromatic carboxylic acids is 1. The molecule has 4 N–H and O–H groups in total. The lowest BCUT2D eigenvalue weighted by molar-refractivity contribution is -0.120. The molecule has 0 heterocycles. The van der Waals surface area contributed by atoms with E-state index in [0.29, 0.717) is 13.0 Å². The normalized spacial score (nSPS) is 9.89. The van der Waals surface area contributed by atoms with Crippen molar-refractivity contribution in [2.75, 3.05) is 31.3 Å². The van der Waals surface area contributed by atoms with Crippen molar-refractivity contribution in [3.8, 4) is 0 Å². The number of rotatable bonds is 5. The van der Waals surface area contributed by atoms with Crippen molar-refractivity contribution >= 4 is 23.3 Å². The Kier molecular flexibility index (Phi) is 4.53. The molecule has 1 rings (SSSR count). The van der Waals surface area contributed by atoms with Crippen LogP contribution in [-0.2, 0) is 4.79 Å². The van der Waals surface area contributed by atoms with Crippen LogP contribution in [0.25, 0.3) is 0 Å². The van der Waals surface area contributed by atoms with E-state index in [2.05, 4.69) is 5.32 Å². The fourth-order valence-electron chi connectivity index (χ4n) is 1.51. The van der Waals surface area contributed by atoms with Gasteiger partial charge in [-0.05, 0) is 18.2 Å². The van der Waals surface area contributed by atoms with Crippen LogP contribution in [0.1, 0.15) is 16.8 Å². The summed E-state index contributed by atoms with van der Waals surface area (Å²) in [5.74, 6) is -1.09. The largest absolute Gasteiger partial charge is 0.478 e. The molecule has 0 atom stereocenters. The Balaban J connectivity index is 2.75. The van der Waals surface area contributed by atoms with Crippen molar-refractivity contribution < 1.29 is 14.7 Å². The summed E-state index contributed by atoms with van der Waals surface area (Å²) >= 11 is 0. The van der Waals surface area contributed by atoms with Crippen LogP contribution in [0.2, 0.25) is 0 Å². The smallest absolute Gasteiger partial charge is 0.337 e. The summed E-state index contributed by atoms with van der Waals surface area (Å²) < 4.78 is 0. The molecule has 18 heavy (non-hydrogen) atoms. The van der Waals surface area contributed by atoms with Crippen LogP contribution in [0.5, 0.6) is 0 Å². The second kappa shape index (κ2) is 5.90. The van der Waals surface area contributed by atoms with E-state index in [9.17, 15) is 9.59 Å². The van der Waals surface area contributed by atoms with Gasteiger partial charge in [-0.25, -0.2) is 4.79 Å². The molecule has 0 aliphatic rings. The summed E-state index contributed by atoms with van der Waals surface area (Å²) in [6.45, 7) is 0.533. The molecule has 6 heteroatoms. The molecule has 0 aromatic heterocycles. The third-order valence-corrected chi connectivity index (χ3v) is 2.66. The molecule has 98 valence electrons. The maximum atomic E-state index is 11.1. The van der Waals surface area contributed by atoms with E-state index in [1.165, 1.54) is 6.07 Å². The van der Waals surface area contributed by atoms with Crippen LogP contribution in [0, 0.1) is 0 Å². The number of hydrogen-bond acceptors (Lipinski definition) is 4. The first-order valence-corrected chi connectivity index (χ1v) is 5.50. The number of nitrogens with one attached hydrogen (secondary N) is 1. The Labute approximate surface area is 105 Å². The molecule has 0 aliphatic heterocycles. The van der Waals surface area contributed by atoms with Gasteiger partial charge in [0.2, 0.25) is 5.91 Å². The molecule has 0 unspecified atom stereocenters. The molecule has 0 fully saturated rings. The van der Waals surface area contributed by atoms with Crippen LogP contribution >= 0.6 is 0 Å². The summed E-state index contributed by atoms with van der Waals surface area (Å²) in [4.78, 5) is 23.8. The summed E-state index contributed by atoms with van der Waals surface area (Å²) in [7, 11) is 3.40. The van der Waals surface area contributed by atoms with Gasteiger partial charge in [0.05, 0.1) is 5.56 Å². The van der Waals surface area contributed by atoms with Gasteiger partial charge in [0.1, 0.15) is 0 Å². The lowest BCUT2D eigenvalue weighted by Gasteiger charge is -2.19. The fraction of sp³-hybridized carbons (Fsp3) is 0.333. The lowest BCUT2D eigenvalue weighted by atomic mass is 10.1. The van der Waals surface area contributed by atoms with Gasteiger partial charge in [0, 0.05) is 38.4 Å². The monoisotopic (exact) mass is 251 g/mol. The Hall–Kier alpha value is -2.24. The number of carboxylic acids is 1. The van der Waals surface area contributed by atoms with Gasteiger partial charge in [-0.2, -0.15) is 0 Å². The minimum atomic E-state index is -1.05. The zero-order chi connectivity index (χ0) is 13.7. The van der Waals surface area contributed by atoms with E-state index < -0.39 is 5.97 Å². The van der Waals surface area contributed by atoms with Crippen molar-refractivity contribution in [1.82, 2.24) is 5.32 Å². The molecule has 1 aromatic rings. The minimum Gasteiger partial charge on any atom is -0.478 e. The van der Waals surface area contributed by atoms with Gasteiger partial charge in [-0.15, -0.1) is 0 Å². The van der Waals surface area contributed by atoms with E-state index in [4.69, 9.17) is 10.8 Å². The first-order valence-electron chi connectivity index (χ1n) is 5.50. The second-order valence-electron chi connectivity index (χ2n) is 3.92. The summed E-state index contributed by atoms with van der Waals surface area (Å²) in [5, 5.41) is 11.4. The maximum Gasteiger partial charge on any atom is 0.337 e. The highest BCUT2D eigenvalue weighted by molar-refractivity contribution is 5.94. The highest BCUT2D eigenvalue weighted by Crippen LogP contribution is 2.20. The van der Waals surface area contributed by atoms with Crippen molar-refractivity contribution in [1.29, 1.82) is 0 Å². The molecule has 0 bridgehead atoms. The van der Waals surface area contributed by atoms with E-state index in [0.717, 1.165) is 5.69 Å². The number of amides is 1. The predicted octanol–water partition coefficient (Wildman–Crippen LogP) is 0.539. The minimum absolute atomic E-state index is 0.0445. The zero-order valence-electron chi connectivity index (χ0n) is 10.4. The highest BCUT2D eigenvalue weighted by Gasteiger charge is 2.10. The Morgan fingerprint density at radius 2 is 2.11 bits per heavy atom. The fourth-order valence-corrected chi connectivity index (χ4v) is 1.51. The summed E-state index contributed by atoms with van der Waals surface area (Å²) in [5.41, 5.74) is 6.73. The van der Waals surface area contributed by atoms with Gasteiger partial charge >= 0.3 is 5.97 Å². The number of nitrogens with two attached hydrogens (primary N) is 1. The van der Waals surface area contributed by atoms with E-state index in [1.54, 1.807) is 19.2 Å². The molecule has 0 saturated carbocycles. The zero-order valence-corrected chi connectivity index (χ0v) is 10.4. The van der Waals surface area contributed by atoms with Gasteiger partial charge in [0.25, 0.3) is 0 Å². The van der Waals surface area contributed by atoms with Gasteiger partial charge < -0.3 is 21.1 Å². The summed E-state index contributed by atoms with van der Waals surface area (Å²) in [6, 6.07) is 4.72. The first kappa shape index (κ1) is 13.8. The van der Waals surface area contributed by atoms with E-state index >= 15 is 0 Å². The summed E-state index contributed by atoms with van der Waals surface area (Å²) in [6.07, 6.45) is 0.369. The molecular formula is C12H17N3O3. The topological polar surface area (TPSA) is 95.7 Å². The second-order valence-corrected chi connectivity index (χ2v) is 3.92. The van der Waals surface area contributed by atoms with Crippen LogP contribution in [0.3, 0.4) is 0 Å². The van der Waals surface area contributed by atoms with E-state index in [1.807, 2.05) is 11.9 Å². The average molecular weight is 251 g/mol. The molecule has 1 aromatic carbocycles. The van der Waals surface area contributed by atoms with Crippen LogP contribution in [0.15, 0.2) is 18.2 Å². The van der Waals surface area contributed by atoms with Crippen molar-refractivity contribution in [2.24, 2.45) is 0 Å². The quantitative estimate of drug-likeness (QED) is 0.664. The number of carbonyl (C=O) groups excluding carboxylic acids is 1. The predicted molar refractivity (Wildman–Crippen MR) is 69.8 cm³/mol. The molecule has 0 radical (unpaired) electrons. The molecule has 0 spiro atoms. The number of benzene rings is 1. The Bertz CT molecular complexity index is 460. The van der Waals surface area contributed by atoms with Crippen LogP contribution in [0.4, 0.5) is 11.4 Å².